The SMILES string of the molecule is CCOC(=O)COc1ccc(Br)cc1C#N. The Hall–Kier alpha value is -1.54. The maximum absolute atomic E-state index is 11.0. The van der Waals surface area contributed by atoms with Crippen molar-refractivity contribution in [2.45, 2.75) is 6.92 Å². The third kappa shape index (κ3) is 3.55. The molecule has 0 spiro atoms. The minimum absolute atomic E-state index is 0.190. The number of esters is 1. The van der Waals surface area contributed by atoms with Gasteiger partial charge in [-0.3, -0.25) is 0 Å². The number of ether oxygens (including phenoxy) is 2. The Bertz CT molecular complexity index is 426. The highest BCUT2D eigenvalue weighted by atomic mass is 79.9. The van der Waals surface area contributed by atoms with Crippen molar-refractivity contribution in [1.29, 1.82) is 5.26 Å². The molecule has 0 fully saturated rings. The molecule has 0 unspecified atom stereocenters. The van der Waals surface area contributed by atoms with Gasteiger partial charge in [0.05, 0.1) is 12.2 Å². The van der Waals surface area contributed by atoms with Gasteiger partial charge in [0.1, 0.15) is 11.8 Å². The summed E-state index contributed by atoms with van der Waals surface area (Å²) in [6.45, 7) is 1.84. The summed E-state index contributed by atoms with van der Waals surface area (Å²) in [6, 6.07) is 6.97. The second-order valence-electron chi connectivity index (χ2n) is 2.85. The van der Waals surface area contributed by atoms with Gasteiger partial charge in [-0.05, 0) is 25.1 Å². The number of hydrogen-bond acceptors (Lipinski definition) is 4. The van der Waals surface area contributed by atoms with Crippen LogP contribution in [-0.4, -0.2) is 19.2 Å². The molecular weight excluding hydrogens is 274 g/mol. The van der Waals surface area contributed by atoms with Crippen LogP contribution in [0.3, 0.4) is 0 Å². The fourth-order valence-electron chi connectivity index (χ4n) is 1.05. The van der Waals surface area contributed by atoms with E-state index in [1.807, 2.05) is 6.07 Å². The molecule has 0 N–H and O–H groups in total. The summed E-state index contributed by atoms with van der Waals surface area (Å²) in [5.74, 6) is -0.0759. The van der Waals surface area contributed by atoms with Gasteiger partial charge in [0.25, 0.3) is 0 Å². The highest BCUT2D eigenvalue weighted by molar-refractivity contribution is 9.10. The smallest absolute Gasteiger partial charge is 0.344 e. The maximum Gasteiger partial charge on any atom is 0.344 e. The van der Waals surface area contributed by atoms with Gasteiger partial charge in [0, 0.05) is 4.47 Å². The largest absolute Gasteiger partial charge is 0.481 e. The molecule has 1 aromatic rings. The van der Waals surface area contributed by atoms with Crippen molar-refractivity contribution in [3.05, 3.63) is 28.2 Å². The van der Waals surface area contributed by atoms with E-state index in [0.717, 1.165) is 4.47 Å². The molecule has 0 aliphatic heterocycles. The van der Waals surface area contributed by atoms with Crippen molar-refractivity contribution >= 4 is 21.9 Å². The molecule has 0 radical (unpaired) electrons. The highest BCUT2D eigenvalue weighted by Crippen LogP contribution is 2.22. The minimum atomic E-state index is -0.450. The van der Waals surface area contributed by atoms with Crippen LogP contribution in [0.5, 0.6) is 5.75 Å². The van der Waals surface area contributed by atoms with Gasteiger partial charge in [0.2, 0.25) is 0 Å². The van der Waals surface area contributed by atoms with Crippen LogP contribution >= 0.6 is 15.9 Å². The zero-order valence-corrected chi connectivity index (χ0v) is 10.3. The molecule has 0 heterocycles. The van der Waals surface area contributed by atoms with Gasteiger partial charge < -0.3 is 9.47 Å². The van der Waals surface area contributed by atoms with E-state index in [2.05, 4.69) is 15.9 Å². The standard InChI is InChI=1S/C11H10BrNO3/c1-2-15-11(14)7-16-10-4-3-9(12)5-8(10)6-13/h3-5H,2,7H2,1H3. The van der Waals surface area contributed by atoms with E-state index < -0.39 is 5.97 Å². The Morgan fingerprint density at radius 2 is 2.31 bits per heavy atom. The van der Waals surface area contributed by atoms with E-state index in [0.29, 0.717) is 17.9 Å². The maximum atomic E-state index is 11.0. The number of rotatable bonds is 4. The van der Waals surface area contributed by atoms with Crippen LogP contribution in [-0.2, 0) is 9.53 Å². The average molecular weight is 284 g/mol. The molecule has 0 bridgehead atoms. The van der Waals surface area contributed by atoms with Crippen LogP contribution in [0.1, 0.15) is 12.5 Å². The number of halogens is 1. The Morgan fingerprint density at radius 1 is 1.56 bits per heavy atom. The van der Waals surface area contributed by atoms with Crippen LogP contribution in [0.25, 0.3) is 0 Å². The van der Waals surface area contributed by atoms with Gasteiger partial charge in [0.15, 0.2) is 6.61 Å². The lowest BCUT2D eigenvalue weighted by molar-refractivity contribution is -0.145. The predicted octanol–water partition coefficient (Wildman–Crippen LogP) is 2.26. The minimum Gasteiger partial charge on any atom is -0.481 e. The van der Waals surface area contributed by atoms with E-state index in [4.69, 9.17) is 14.7 Å². The van der Waals surface area contributed by atoms with E-state index >= 15 is 0 Å². The monoisotopic (exact) mass is 283 g/mol. The molecule has 16 heavy (non-hydrogen) atoms. The van der Waals surface area contributed by atoms with Crippen molar-refractivity contribution in [3.8, 4) is 11.8 Å². The van der Waals surface area contributed by atoms with Crippen molar-refractivity contribution in [2.24, 2.45) is 0 Å². The van der Waals surface area contributed by atoms with Crippen molar-refractivity contribution in [2.75, 3.05) is 13.2 Å². The molecule has 5 heteroatoms. The molecule has 0 aliphatic rings. The van der Waals surface area contributed by atoms with Gasteiger partial charge in [-0.25, -0.2) is 4.79 Å². The number of hydrogen-bond donors (Lipinski definition) is 0. The summed E-state index contributed by atoms with van der Waals surface area (Å²) in [4.78, 5) is 11.0. The second-order valence-corrected chi connectivity index (χ2v) is 3.76. The lowest BCUT2D eigenvalue weighted by atomic mass is 10.2. The summed E-state index contributed by atoms with van der Waals surface area (Å²) in [5, 5.41) is 8.84. The first-order chi connectivity index (χ1) is 7.67. The zero-order valence-electron chi connectivity index (χ0n) is 8.70. The summed E-state index contributed by atoms with van der Waals surface area (Å²) in [7, 11) is 0. The van der Waals surface area contributed by atoms with Crippen LogP contribution in [0.4, 0.5) is 0 Å². The highest BCUT2D eigenvalue weighted by Gasteiger charge is 2.07. The third-order valence-corrected chi connectivity index (χ3v) is 2.21. The van der Waals surface area contributed by atoms with Crippen molar-refractivity contribution in [1.82, 2.24) is 0 Å². The normalized spacial score (nSPS) is 9.31. The number of carbonyl (C=O) groups excluding carboxylic acids is 1. The van der Waals surface area contributed by atoms with Gasteiger partial charge in [-0.2, -0.15) is 5.26 Å². The van der Waals surface area contributed by atoms with E-state index in [9.17, 15) is 4.79 Å². The molecule has 0 atom stereocenters. The fraction of sp³-hybridized carbons (Fsp3) is 0.273. The molecule has 0 aromatic heterocycles. The molecule has 0 saturated heterocycles. The molecule has 1 aromatic carbocycles. The van der Waals surface area contributed by atoms with Crippen molar-refractivity contribution in [3.63, 3.8) is 0 Å². The number of nitrogens with zero attached hydrogens (tertiary/aromatic N) is 1. The Kier molecular flexibility index (Phi) is 4.80. The lowest BCUT2D eigenvalue weighted by Gasteiger charge is -2.07. The quantitative estimate of drug-likeness (QED) is 0.796. The lowest BCUT2D eigenvalue weighted by Crippen LogP contribution is -2.14. The van der Waals surface area contributed by atoms with E-state index in [1.54, 1.807) is 25.1 Å². The van der Waals surface area contributed by atoms with Gasteiger partial charge in [-0.1, -0.05) is 15.9 Å². The van der Waals surface area contributed by atoms with Crippen LogP contribution in [0, 0.1) is 11.3 Å². The van der Waals surface area contributed by atoms with Crippen molar-refractivity contribution < 1.29 is 14.3 Å². The van der Waals surface area contributed by atoms with Crippen LogP contribution in [0.15, 0.2) is 22.7 Å². The summed E-state index contributed by atoms with van der Waals surface area (Å²) in [6.07, 6.45) is 0. The Labute approximate surface area is 102 Å². The fourth-order valence-corrected chi connectivity index (χ4v) is 1.42. The Morgan fingerprint density at radius 3 is 2.94 bits per heavy atom. The first-order valence-electron chi connectivity index (χ1n) is 4.65. The number of carbonyl (C=O) groups is 1. The van der Waals surface area contributed by atoms with Gasteiger partial charge in [-0.15, -0.1) is 0 Å². The van der Waals surface area contributed by atoms with Crippen LogP contribution in [0.2, 0.25) is 0 Å². The molecule has 4 nitrogen and oxygen atoms in total. The molecule has 0 aliphatic carbocycles. The van der Waals surface area contributed by atoms with Gasteiger partial charge >= 0.3 is 5.97 Å². The number of nitriles is 1. The zero-order chi connectivity index (χ0) is 12.0. The molecule has 1 rings (SSSR count). The summed E-state index contributed by atoms with van der Waals surface area (Å²) < 4.78 is 10.7. The molecule has 0 saturated carbocycles. The second kappa shape index (κ2) is 6.13. The predicted molar refractivity (Wildman–Crippen MR) is 61.0 cm³/mol. The van der Waals surface area contributed by atoms with E-state index in [-0.39, 0.29) is 6.61 Å². The molecule has 0 amide bonds. The first kappa shape index (κ1) is 12.5. The summed E-state index contributed by atoms with van der Waals surface area (Å²) >= 11 is 3.24. The topological polar surface area (TPSA) is 59.3 Å². The number of benzene rings is 1. The molecular formula is C11H10BrNO3. The molecule has 84 valence electrons. The summed E-state index contributed by atoms with van der Waals surface area (Å²) in [5.41, 5.74) is 0.374. The Balaban J connectivity index is 2.67. The third-order valence-electron chi connectivity index (χ3n) is 1.71. The average Bonchev–Trinajstić information content (AvgIpc) is 2.27. The van der Waals surface area contributed by atoms with Crippen LogP contribution < -0.4 is 4.74 Å². The van der Waals surface area contributed by atoms with E-state index in [1.165, 1.54) is 0 Å². The first-order valence-corrected chi connectivity index (χ1v) is 5.44.